The molecule has 10 heavy (non-hydrogen) atoms. The van der Waals surface area contributed by atoms with Gasteiger partial charge in [0.05, 0.1) is 0 Å². The van der Waals surface area contributed by atoms with Gasteiger partial charge in [-0.3, -0.25) is 0 Å². The van der Waals surface area contributed by atoms with Crippen LogP contribution in [-0.4, -0.2) is 20.0 Å². The molecule has 0 saturated heterocycles. The predicted molar refractivity (Wildman–Crippen MR) is 40.0 cm³/mol. The summed E-state index contributed by atoms with van der Waals surface area (Å²) in [5, 5.41) is 2.16. The first-order chi connectivity index (χ1) is 4.61. The molecular weight excluding hydrogens is 150 g/mol. The molecule has 1 atom stereocenters. The van der Waals surface area contributed by atoms with Crippen molar-refractivity contribution in [3.63, 3.8) is 0 Å². The van der Waals surface area contributed by atoms with Crippen LogP contribution >= 0.6 is 0 Å². The molecule has 56 valence electrons. The van der Waals surface area contributed by atoms with E-state index < -0.39 is 15.2 Å². The average molecular weight is 159 g/mol. The Morgan fingerprint density at radius 2 is 2.10 bits per heavy atom. The lowest BCUT2D eigenvalue weighted by Crippen LogP contribution is -2.31. The van der Waals surface area contributed by atoms with E-state index >= 15 is 0 Å². The summed E-state index contributed by atoms with van der Waals surface area (Å²) in [5.74, 6) is 0. The minimum atomic E-state index is -2.98. The molecule has 0 bridgehead atoms. The Balaban J connectivity index is 2.79. The van der Waals surface area contributed by atoms with E-state index in [2.05, 4.69) is 5.32 Å². The van der Waals surface area contributed by atoms with Crippen molar-refractivity contribution in [2.45, 2.75) is 5.37 Å². The van der Waals surface area contributed by atoms with Crippen molar-refractivity contribution in [1.82, 2.24) is 5.32 Å². The summed E-state index contributed by atoms with van der Waals surface area (Å²) < 4.78 is 21.7. The number of hydrogen-bond acceptors (Lipinski definition) is 3. The first-order valence-corrected chi connectivity index (χ1v) is 4.84. The molecule has 0 aromatic rings. The Morgan fingerprint density at radius 3 is 2.40 bits per heavy atom. The van der Waals surface area contributed by atoms with Crippen molar-refractivity contribution in [1.29, 1.82) is 0 Å². The zero-order valence-corrected chi connectivity index (χ0v) is 6.43. The molecule has 1 aliphatic rings. The fourth-order valence-electron chi connectivity index (χ4n) is 0.693. The summed E-state index contributed by atoms with van der Waals surface area (Å²) in [4.78, 5) is 0. The highest BCUT2D eigenvalue weighted by molar-refractivity contribution is 7.91. The molecule has 0 amide bonds. The number of dihydropyridines is 1. The van der Waals surface area contributed by atoms with Gasteiger partial charge in [-0.1, -0.05) is 6.08 Å². The minimum absolute atomic E-state index is 0.544. The third-order valence-corrected chi connectivity index (χ3v) is 2.43. The maximum absolute atomic E-state index is 10.8. The Bertz CT molecular complexity index is 263. The van der Waals surface area contributed by atoms with Crippen LogP contribution in [0.2, 0.25) is 0 Å². The molecule has 1 aliphatic heterocycles. The van der Waals surface area contributed by atoms with Gasteiger partial charge < -0.3 is 5.32 Å². The van der Waals surface area contributed by atoms with E-state index in [4.69, 9.17) is 0 Å². The molecule has 1 unspecified atom stereocenters. The van der Waals surface area contributed by atoms with E-state index in [0.717, 1.165) is 0 Å². The Morgan fingerprint density at radius 1 is 1.40 bits per heavy atom. The normalized spacial score (nSPS) is 24.3. The van der Waals surface area contributed by atoms with E-state index in [1.54, 1.807) is 24.4 Å². The Hall–Kier alpha value is -0.770. The monoisotopic (exact) mass is 159 g/mol. The van der Waals surface area contributed by atoms with Gasteiger partial charge >= 0.3 is 0 Å². The smallest absolute Gasteiger partial charge is 0.171 e. The van der Waals surface area contributed by atoms with E-state index in [1.165, 1.54) is 6.26 Å². The van der Waals surface area contributed by atoms with Gasteiger partial charge in [-0.25, -0.2) is 8.42 Å². The van der Waals surface area contributed by atoms with Crippen LogP contribution in [0.3, 0.4) is 0 Å². The summed E-state index contributed by atoms with van der Waals surface area (Å²) >= 11 is 0. The molecular formula is C6H9NO2S. The molecule has 1 N–H and O–H groups in total. The second-order valence-electron chi connectivity index (χ2n) is 2.16. The van der Waals surface area contributed by atoms with Crippen LogP contribution in [0.4, 0.5) is 0 Å². The van der Waals surface area contributed by atoms with Gasteiger partial charge in [-0.15, -0.1) is 0 Å². The molecule has 4 heteroatoms. The highest BCUT2D eigenvalue weighted by Crippen LogP contribution is 2.00. The Kier molecular flexibility index (Phi) is 1.80. The molecule has 0 fully saturated rings. The molecule has 0 aromatic carbocycles. The third-order valence-electron chi connectivity index (χ3n) is 1.22. The van der Waals surface area contributed by atoms with Gasteiger partial charge in [0.2, 0.25) is 0 Å². The topological polar surface area (TPSA) is 46.2 Å². The van der Waals surface area contributed by atoms with Crippen molar-refractivity contribution in [2.75, 3.05) is 6.26 Å². The molecule has 0 saturated carbocycles. The first-order valence-electron chi connectivity index (χ1n) is 2.89. The lowest BCUT2D eigenvalue weighted by Gasteiger charge is -2.12. The molecule has 0 spiro atoms. The van der Waals surface area contributed by atoms with E-state index in [0.29, 0.717) is 0 Å². The summed E-state index contributed by atoms with van der Waals surface area (Å²) in [6.45, 7) is 0. The number of rotatable bonds is 1. The highest BCUT2D eigenvalue weighted by Gasteiger charge is 2.15. The summed E-state index contributed by atoms with van der Waals surface area (Å²) in [7, 11) is -2.98. The van der Waals surface area contributed by atoms with Crippen LogP contribution < -0.4 is 5.32 Å². The second-order valence-corrected chi connectivity index (χ2v) is 4.33. The maximum Gasteiger partial charge on any atom is 0.171 e. The van der Waals surface area contributed by atoms with Crippen molar-refractivity contribution >= 4 is 9.84 Å². The van der Waals surface area contributed by atoms with E-state index in [9.17, 15) is 8.42 Å². The van der Waals surface area contributed by atoms with Gasteiger partial charge in [0, 0.05) is 6.26 Å². The van der Waals surface area contributed by atoms with Crippen molar-refractivity contribution in [3.05, 3.63) is 24.4 Å². The predicted octanol–water partition coefficient (Wildman–Crippen LogP) is 0.0302. The second kappa shape index (κ2) is 2.46. The summed E-state index contributed by atoms with van der Waals surface area (Å²) in [5.41, 5.74) is 0. The molecule has 1 heterocycles. The van der Waals surface area contributed by atoms with Crippen LogP contribution in [0.1, 0.15) is 0 Å². The van der Waals surface area contributed by atoms with Crippen LogP contribution in [0.15, 0.2) is 24.4 Å². The molecule has 0 radical (unpaired) electrons. The van der Waals surface area contributed by atoms with Crippen molar-refractivity contribution in [2.24, 2.45) is 0 Å². The summed E-state index contributed by atoms with van der Waals surface area (Å²) in [6, 6.07) is 0. The van der Waals surface area contributed by atoms with Crippen LogP contribution in [0.25, 0.3) is 0 Å². The number of nitrogens with one attached hydrogen (secondary N) is 1. The van der Waals surface area contributed by atoms with Crippen molar-refractivity contribution < 1.29 is 8.42 Å². The number of sulfone groups is 1. The lowest BCUT2D eigenvalue weighted by molar-refractivity contribution is 0.588. The largest absolute Gasteiger partial charge is 0.372 e. The van der Waals surface area contributed by atoms with Gasteiger partial charge in [-0.2, -0.15) is 0 Å². The zero-order chi connectivity index (χ0) is 7.61. The van der Waals surface area contributed by atoms with Crippen LogP contribution in [0.5, 0.6) is 0 Å². The fourth-order valence-corrected chi connectivity index (χ4v) is 1.39. The lowest BCUT2D eigenvalue weighted by atomic mass is 10.4. The minimum Gasteiger partial charge on any atom is -0.372 e. The zero-order valence-electron chi connectivity index (χ0n) is 5.61. The number of hydrogen-bond donors (Lipinski definition) is 1. The Labute approximate surface area is 60.4 Å². The van der Waals surface area contributed by atoms with E-state index in [1.807, 2.05) is 0 Å². The quantitative estimate of drug-likeness (QED) is 0.587. The average Bonchev–Trinajstić information content (AvgIpc) is 1.88. The maximum atomic E-state index is 10.8. The third kappa shape index (κ3) is 1.60. The summed E-state index contributed by atoms with van der Waals surface area (Å²) in [6.07, 6.45) is 7.89. The first kappa shape index (κ1) is 7.34. The van der Waals surface area contributed by atoms with Gasteiger partial charge in [0.1, 0.15) is 5.37 Å². The molecule has 1 rings (SSSR count). The highest BCUT2D eigenvalue weighted by atomic mass is 32.2. The van der Waals surface area contributed by atoms with Crippen LogP contribution in [-0.2, 0) is 9.84 Å². The van der Waals surface area contributed by atoms with Crippen LogP contribution in [0, 0.1) is 0 Å². The van der Waals surface area contributed by atoms with Gasteiger partial charge in [0.15, 0.2) is 9.84 Å². The molecule has 3 nitrogen and oxygen atoms in total. The number of allylic oxidation sites excluding steroid dienone is 2. The van der Waals surface area contributed by atoms with Crippen molar-refractivity contribution in [3.8, 4) is 0 Å². The van der Waals surface area contributed by atoms with Gasteiger partial charge in [-0.05, 0) is 18.4 Å². The SMILES string of the molecule is CS(=O)(=O)C1C=CC=CN1. The molecule has 0 aromatic heterocycles. The standard InChI is InChI=1S/C6H9NO2S/c1-10(8,9)6-4-2-3-5-7-6/h2-7H,1H3. The molecule has 0 aliphatic carbocycles. The van der Waals surface area contributed by atoms with E-state index in [-0.39, 0.29) is 0 Å². The van der Waals surface area contributed by atoms with Gasteiger partial charge in [0.25, 0.3) is 0 Å². The fraction of sp³-hybridized carbons (Fsp3) is 0.333.